The maximum absolute atomic E-state index is 10.7. The Bertz CT molecular complexity index is 170. The number of hydrogen-bond donors (Lipinski definition) is 0. The van der Waals surface area contributed by atoms with Gasteiger partial charge in [-0.2, -0.15) is 0 Å². The van der Waals surface area contributed by atoms with Crippen LogP contribution in [0.5, 0.6) is 0 Å². The third-order valence-electron chi connectivity index (χ3n) is 0.982. The van der Waals surface area contributed by atoms with Gasteiger partial charge in [0.15, 0.2) is 0 Å². The Labute approximate surface area is 66.3 Å². The Hall–Kier alpha value is -1.25. The van der Waals surface area contributed by atoms with Gasteiger partial charge in [-0.15, -0.1) is 0 Å². The van der Waals surface area contributed by atoms with Crippen LogP contribution < -0.4 is 0 Å². The Kier molecular flexibility index (Phi) is 4.90. The van der Waals surface area contributed by atoms with Crippen molar-refractivity contribution >= 4 is 5.97 Å². The standard InChI is InChI=1S/C8H12O3/c1-4-5-11-6-7(2)8(9)10-3/h4,6H,1,5H2,2-3H3/b7-6+. The molecule has 0 atom stereocenters. The van der Waals surface area contributed by atoms with Crippen LogP contribution in [0.25, 0.3) is 0 Å². The molecule has 0 heterocycles. The fourth-order valence-corrected chi connectivity index (χ4v) is 0.450. The summed E-state index contributed by atoms with van der Waals surface area (Å²) < 4.78 is 9.32. The third kappa shape index (κ3) is 4.19. The van der Waals surface area contributed by atoms with Gasteiger partial charge in [-0.25, -0.2) is 4.79 Å². The molecule has 3 nitrogen and oxygen atoms in total. The van der Waals surface area contributed by atoms with Gasteiger partial charge in [-0.3, -0.25) is 0 Å². The Morgan fingerprint density at radius 1 is 1.64 bits per heavy atom. The Balaban J connectivity index is 3.79. The first kappa shape index (κ1) is 9.75. The van der Waals surface area contributed by atoms with E-state index in [0.717, 1.165) is 0 Å². The van der Waals surface area contributed by atoms with Gasteiger partial charge in [-0.1, -0.05) is 12.7 Å². The molecule has 0 unspecified atom stereocenters. The molecule has 0 fully saturated rings. The van der Waals surface area contributed by atoms with Gasteiger partial charge in [0.1, 0.15) is 6.61 Å². The highest BCUT2D eigenvalue weighted by Gasteiger charge is 2.01. The average molecular weight is 156 g/mol. The zero-order valence-electron chi connectivity index (χ0n) is 6.79. The Morgan fingerprint density at radius 2 is 2.27 bits per heavy atom. The molecule has 0 aromatic carbocycles. The topological polar surface area (TPSA) is 35.5 Å². The van der Waals surface area contributed by atoms with Gasteiger partial charge >= 0.3 is 5.97 Å². The lowest BCUT2D eigenvalue weighted by Crippen LogP contribution is -2.01. The highest BCUT2D eigenvalue weighted by atomic mass is 16.5. The van der Waals surface area contributed by atoms with Crippen LogP contribution in [0.1, 0.15) is 6.92 Å². The van der Waals surface area contributed by atoms with E-state index in [2.05, 4.69) is 11.3 Å². The monoisotopic (exact) mass is 156 g/mol. The van der Waals surface area contributed by atoms with E-state index < -0.39 is 0 Å². The number of carbonyl (C=O) groups excluding carboxylic acids is 1. The van der Waals surface area contributed by atoms with Crippen LogP contribution in [-0.4, -0.2) is 19.7 Å². The van der Waals surface area contributed by atoms with Crippen LogP contribution in [0, 0.1) is 0 Å². The quantitative estimate of drug-likeness (QED) is 0.202. The van der Waals surface area contributed by atoms with Gasteiger partial charge in [0.25, 0.3) is 0 Å². The number of ether oxygens (including phenoxy) is 2. The van der Waals surface area contributed by atoms with Crippen LogP contribution in [0.2, 0.25) is 0 Å². The second kappa shape index (κ2) is 5.53. The van der Waals surface area contributed by atoms with Crippen molar-refractivity contribution in [2.24, 2.45) is 0 Å². The minimum atomic E-state index is -0.380. The molecule has 0 aromatic rings. The van der Waals surface area contributed by atoms with Crippen molar-refractivity contribution < 1.29 is 14.3 Å². The molecular formula is C8H12O3. The molecule has 0 saturated carbocycles. The molecule has 11 heavy (non-hydrogen) atoms. The van der Waals surface area contributed by atoms with E-state index in [0.29, 0.717) is 12.2 Å². The fraction of sp³-hybridized carbons (Fsp3) is 0.375. The van der Waals surface area contributed by atoms with Crippen LogP contribution in [0.15, 0.2) is 24.5 Å². The lowest BCUT2D eigenvalue weighted by molar-refractivity contribution is -0.136. The minimum Gasteiger partial charge on any atom is -0.497 e. The zero-order valence-corrected chi connectivity index (χ0v) is 6.79. The Morgan fingerprint density at radius 3 is 2.73 bits per heavy atom. The molecule has 0 aliphatic heterocycles. The first-order chi connectivity index (χ1) is 5.22. The first-order valence-corrected chi connectivity index (χ1v) is 3.20. The van der Waals surface area contributed by atoms with Crippen LogP contribution in [0.3, 0.4) is 0 Å². The summed E-state index contributed by atoms with van der Waals surface area (Å²) in [7, 11) is 1.33. The van der Waals surface area contributed by atoms with Gasteiger partial charge in [0.05, 0.1) is 18.9 Å². The predicted molar refractivity (Wildman–Crippen MR) is 41.9 cm³/mol. The number of rotatable bonds is 4. The van der Waals surface area contributed by atoms with E-state index in [1.165, 1.54) is 13.4 Å². The zero-order chi connectivity index (χ0) is 8.69. The molecule has 62 valence electrons. The van der Waals surface area contributed by atoms with Crippen molar-refractivity contribution in [1.29, 1.82) is 0 Å². The molecule has 0 radical (unpaired) electrons. The normalized spacial score (nSPS) is 10.5. The third-order valence-corrected chi connectivity index (χ3v) is 0.982. The molecule has 0 aromatic heterocycles. The van der Waals surface area contributed by atoms with Crippen LogP contribution in [0.4, 0.5) is 0 Å². The van der Waals surface area contributed by atoms with E-state index in [-0.39, 0.29) is 5.97 Å². The highest BCUT2D eigenvalue weighted by Crippen LogP contribution is 1.95. The van der Waals surface area contributed by atoms with Crippen molar-refractivity contribution in [3.8, 4) is 0 Å². The second-order valence-electron chi connectivity index (χ2n) is 1.91. The number of carbonyl (C=O) groups is 1. The van der Waals surface area contributed by atoms with Gasteiger partial charge in [0.2, 0.25) is 0 Å². The summed E-state index contributed by atoms with van der Waals surface area (Å²) in [6, 6.07) is 0. The van der Waals surface area contributed by atoms with E-state index in [4.69, 9.17) is 4.74 Å². The molecule has 3 heteroatoms. The summed E-state index contributed by atoms with van der Waals surface area (Å²) in [5, 5.41) is 0. The average Bonchev–Trinajstić information content (AvgIpc) is 2.03. The summed E-state index contributed by atoms with van der Waals surface area (Å²) in [5.41, 5.74) is 0.439. The highest BCUT2D eigenvalue weighted by molar-refractivity contribution is 5.87. The van der Waals surface area contributed by atoms with Gasteiger partial charge in [0, 0.05) is 0 Å². The van der Waals surface area contributed by atoms with Crippen LogP contribution in [-0.2, 0) is 14.3 Å². The van der Waals surface area contributed by atoms with Crippen molar-refractivity contribution in [2.45, 2.75) is 6.92 Å². The largest absolute Gasteiger partial charge is 0.497 e. The van der Waals surface area contributed by atoms with Crippen LogP contribution >= 0.6 is 0 Å². The first-order valence-electron chi connectivity index (χ1n) is 3.20. The molecular weight excluding hydrogens is 144 g/mol. The van der Waals surface area contributed by atoms with Gasteiger partial charge in [-0.05, 0) is 6.92 Å². The minimum absolute atomic E-state index is 0.380. The lowest BCUT2D eigenvalue weighted by Gasteiger charge is -1.98. The molecule has 0 rings (SSSR count). The molecule has 0 spiro atoms. The summed E-state index contributed by atoms with van der Waals surface area (Å²) in [6.45, 7) is 5.47. The van der Waals surface area contributed by atoms with E-state index in [1.54, 1.807) is 13.0 Å². The molecule has 0 amide bonds. The van der Waals surface area contributed by atoms with Gasteiger partial charge < -0.3 is 9.47 Å². The number of esters is 1. The van der Waals surface area contributed by atoms with E-state index in [9.17, 15) is 4.79 Å². The van der Waals surface area contributed by atoms with E-state index >= 15 is 0 Å². The molecule has 0 bridgehead atoms. The maximum atomic E-state index is 10.7. The summed E-state index contributed by atoms with van der Waals surface area (Å²) in [4.78, 5) is 10.7. The van der Waals surface area contributed by atoms with Crippen molar-refractivity contribution in [2.75, 3.05) is 13.7 Å². The molecule has 0 aliphatic carbocycles. The van der Waals surface area contributed by atoms with Crippen molar-refractivity contribution in [3.05, 3.63) is 24.5 Å². The smallest absolute Gasteiger partial charge is 0.336 e. The summed E-state index contributed by atoms with van der Waals surface area (Å²) in [6.07, 6.45) is 2.95. The predicted octanol–water partition coefficient (Wildman–Crippen LogP) is 1.27. The lowest BCUT2D eigenvalue weighted by atomic mass is 10.3. The van der Waals surface area contributed by atoms with Crippen molar-refractivity contribution in [1.82, 2.24) is 0 Å². The molecule has 0 N–H and O–H groups in total. The maximum Gasteiger partial charge on any atom is 0.336 e. The van der Waals surface area contributed by atoms with Crippen molar-refractivity contribution in [3.63, 3.8) is 0 Å². The summed E-state index contributed by atoms with van der Waals surface area (Å²) in [5.74, 6) is -0.380. The van der Waals surface area contributed by atoms with E-state index in [1.807, 2.05) is 0 Å². The summed E-state index contributed by atoms with van der Waals surface area (Å²) >= 11 is 0. The molecule has 0 saturated heterocycles. The number of hydrogen-bond acceptors (Lipinski definition) is 3. The molecule has 0 aliphatic rings. The number of methoxy groups -OCH3 is 1. The SMILES string of the molecule is C=CCO/C=C(\C)C(=O)OC. The fourth-order valence-electron chi connectivity index (χ4n) is 0.450. The second-order valence-corrected chi connectivity index (χ2v) is 1.91.